The maximum atomic E-state index is 13.2. The number of fused-ring (bicyclic) bond motifs is 1. The second-order valence-corrected chi connectivity index (χ2v) is 7.89. The van der Waals surface area contributed by atoms with E-state index >= 15 is 0 Å². The van der Waals surface area contributed by atoms with Crippen molar-refractivity contribution in [2.45, 2.75) is 12.8 Å². The standard InChI is InChI=1S/C25H27N5O5/c1-33-18-14-28-24(35-3)21-20(18)17(13-27-21)22(31)25(32)30-11-9-16(10-12-30)19(23(29-26)34-2)15-7-5-4-6-8-15/h4-8,13-14,27H,9-12,26H2,1-3H3/b29-23-. The SMILES string of the molecule is CO/C(=N\N)C(=C1CCN(C(=O)C(=O)c2c[nH]c3c(OC)ncc(OC)c23)CC1)c1ccccc1. The van der Waals surface area contributed by atoms with Crippen LogP contribution < -0.4 is 15.3 Å². The van der Waals surface area contributed by atoms with Crippen LogP contribution in [0.4, 0.5) is 0 Å². The Labute approximate surface area is 202 Å². The molecule has 0 atom stereocenters. The van der Waals surface area contributed by atoms with Gasteiger partial charge in [0.2, 0.25) is 11.8 Å². The van der Waals surface area contributed by atoms with E-state index in [1.807, 2.05) is 30.3 Å². The fourth-order valence-electron chi connectivity index (χ4n) is 4.37. The fraction of sp³-hybridized carbons (Fsp3) is 0.280. The summed E-state index contributed by atoms with van der Waals surface area (Å²) in [5.41, 5.74) is 3.51. The lowest BCUT2D eigenvalue weighted by atomic mass is 9.92. The number of carbonyl (C=O) groups is 2. The van der Waals surface area contributed by atoms with Crippen molar-refractivity contribution in [1.82, 2.24) is 14.9 Å². The average Bonchev–Trinajstić information content (AvgIpc) is 3.36. The van der Waals surface area contributed by atoms with Gasteiger partial charge in [0, 0.05) is 24.9 Å². The van der Waals surface area contributed by atoms with E-state index in [-0.39, 0.29) is 5.56 Å². The number of ether oxygens (including phenoxy) is 3. The van der Waals surface area contributed by atoms with Crippen molar-refractivity contribution in [2.24, 2.45) is 10.9 Å². The van der Waals surface area contributed by atoms with Crippen LogP contribution in [-0.2, 0) is 9.53 Å². The summed E-state index contributed by atoms with van der Waals surface area (Å²) in [6.07, 6.45) is 4.07. The molecule has 0 spiro atoms. The third-order valence-corrected chi connectivity index (χ3v) is 6.09. The van der Waals surface area contributed by atoms with Gasteiger partial charge in [-0.2, -0.15) is 0 Å². The highest BCUT2D eigenvalue weighted by atomic mass is 16.5. The van der Waals surface area contributed by atoms with Crippen LogP contribution in [-0.4, -0.2) is 66.9 Å². The van der Waals surface area contributed by atoms with Crippen LogP contribution >= 0.6 is 0 Å². The second kappa shape index (κ2) is 10.3. The molecule has 0 bridgehead atoms. The van der Waals surface area contributed by atoms with Gasteiger partial charge in [-0.3, -0.25) is 9.59 Å². The molecule has 3 aromatic rings. The first-order chi connectivity index (χ1) is 17.0. The number of likely N-dealkylation sites (tertiary alicyclic amines) is 1. The number of hydrogen-bond donors (Lipinski definition) is 2. The molecule has 4 rings (SSSR count). The first-order valence-electron chi connectivity index (χ1n) is 11.0. The minimum Gasteiger partial charge on any atom is -0.494 e. The van der Waals surface area contributed by atoms with E-state index in [0.29, 0.717) is 54.4 Å². The van der Waals surface area contributed by atoms with Gasteiger partial charge >= 0.3 is 0 Å². The number of Topliss-reactive ketones (excluding diaryl/α,β-unsaturated/α-hetero) is 1. The third-order valence-electron chi connectivity index (χ3n) is 6.09. The number of aromatic amines is 1. The van der Waals surface area contributed by atoms with Crippen LogP contribution in [0.2, 0.25) is 0 Å². The molecule has 0 unspecified atom stereocenters. The van der Waals surface area contributed by atoms with E-state index in [1.165, 1.54) is 33.7 Å². The van der Waals surface area contributed by atoms with Gasteiger partial charge in [0.05, 0.1) is 38.5 Å². The lowest BCUT2D eigenvalue weighted by molar-refractivity contribution is -0.126. The molecule has 0 radical (unpaired) electrons. The van der Waals surface area contributed by atoms with Gasteiger partial charge in [0.1, 0.15) is 11.3 Å². The molecule has 1 aliphatic rings. The number of methoxy groups -OCH3 is 3. The van der Waals surface area contributed by atoms with Crippen LogP contribution in [0.5, 0.6) is 11.6 Å². The molecule has 10 nitrogen and oxygen atoms in total. The lowest BCUT2D eigenvalue weighted by Crippen LogP contribution is -2.41. The maximum Gasteiger partial charge on any atom is 0.295 e. The predicted octanol–water partition coefficient (Wildman–Crippen LogP) is 2.76. The topological polar surface area (TPSA) is 132 Å². The van der Waals surface area contributed by atoms with E-state index in [1.54, 1.807) is 4.90 Å². The molecule has 2 aromatic heterocycles. The molecule has 3 N–H and O–H groups in total. The lowest BCUT2D eigenvalue weighted by Gasteiger charge is -2.29. The van der Waals surface area contributed by atoms with E-state index in [9.17, 15) is 9.59 Å². The summed E-state index contributed by atoms with van der Waals surface area (Å²) in [5.74, 6) is 5.39. The molecule has 1 aromatic carbocycles. The number of H-pyrrole nitrogens is 1. The summed E-state index contributed by atoms with van der Waals surface area (Å²) in [7, 11) is 4.48. The smallest absolute Gasteiger partial charge is 0.295 e. The van der Waals surface area contributed by atoms with Crippen molar-refractivity contribution in [1.29, 1.82) is 0 Å². The molecule has 10 heteroatoms. The second-order valence-electron chi connectivity index (χ2n) is 7.89. The summed E-state index contributed by atoms with van der Waals surface area (Å²) >= 11 is 0. The van der Waals surface area contributed by atoms with Crippen LogP contribution in [0.3, 0.4) is 0 Å². The third kappa shape index (κ3) is 4.42. The highest BCUT2D eigenvalue weighted by Crippen LogP contribution is 2.34. The maximum absolute atomic E-state index is 13.2. The van der Waals surface area contributed by atoms with Crippen molar-refractivity contribution < 1.29 is 23.8 Å². The van der Waals surface area contributed by atoms with E-state index < -0.39 is 11.7 Å². The number of nitrogens with zero attached hydrogens (tertiary/aromatic N) is 3. The summed E-state index contributed by atoms with van der Waals surface area (Å²) in [4.78, 5) is 35.1. The zero-order valence-electron chi connectivity index (χ0n) is 19.8. The van der Waals surface area contributed by atoms with Crippen LogP contribution in [0.25, 0.3) is 16.5 Å². The molecule has 3 heterocycles. The summed E-state index contributed by atoms with van der Waals surface area (Å²) in [6, 6.07) is 9.70. The first kappa shape index (κ1) is 23.8. The monoisotopic (exact) mass is 477 g/mol. The van der Waals surface area contributed by atoms with E-state index in [0.717, 1.165) is 16.7 Å². The number of hydrazone groups is 1. The zero-order valence-corrected chi connectivity index (χ0v) is 19.8. The van der Waals surface area contributed by atoms with E-state index in [4.69, 9.17) is 20.1 Å². The van der Waals surface area contributed by atoms with Crippen molar-refractivity contribution in [3.8, 4) is 11.6 Å². The molecular formula is C25H27N5O5. The Balaban J connectivity index is 1.59. The average molecular weight is 478 g/mol. The van der Waals surface area contributed by atoms with Crippen molar-refractivity contribution >= 4 is 34.1 Å². The Bertz CT molecular complexity index is 1300. The molecule has 1 fully saturated rings. The molecule has 0 aliphatic carbocycles. The molecule has 1 saturated heterocycles. The van der Waals surface area contributed by atoms with Crippen LogP contribution in [0.1, 0.15) is 28.8 Å². The van der Waals surface area contributed by atoms with Gasteiger partial charge in [0.25, 0.3) is 11.7 Å². The number of piperidine rings is 1. The summed E-state index contributed by atoms with van der Waals surface area (Å²) in [6.45, 7) is 0.754. The van der Waals surface area contributed by atoms with Crippen LogP contribution in [0.15, 0.2) is 53.4 Å². The number of carbonyl (C=O) groups excluding carboxylic acids is 2. The summed E-state index contributed by atoms with van der Waals surface area (Å²) in [5, 5.41) is 4.27. The van der Waals surface area contributed by atoms with Gasteiger partial charge in [-0.1, -0.05) is 35.9 Å². The van der Waals surface area contributed by atoms with Gasteiger partial charge in [-0.15, -0.1) is 5.10 Å². The number of rotatable bonds is 6. The number of ketones is 1. The molecule has 1 aliphatic heterocycles. The number of nitrogens with one attached hydrogen (secondary N) is 1. The van der Waals surface area contributed by atoms with Crippen LogP contribution in [0, 0.1) is 0 Å². The normalized spacial score (nSPS) is 14.1. The predicted molar refractivity (Wildman–Crippen MR) is 131 cm³/mol. The number of pyridine rings is 1. The number of amides is 1. The minimum atomic E-state index is -0.625. The van der Waals surface area contributed by atoms with Crippen molar-refractivity contribution in [3.63, 3.8) is 0 Å². The number of nitrogens with two attached hydrogens (primary N) is 1. The fourth-order valence-corrected chi connectivity index (χ4v) is 4.37. The molecular weight excluding hydrogens is 450 g/mol. The quantitative estimate of drug-likeness (QED) is 0.139. The summed E-state index contributed by atoms with van der Waals surface area (Å²) < 4.78 is 16.1. The molecule has 182 valence electrons. The Hall–Kier alpha value is -4.34. The van der Waals surface area contributed by atoms with Gasteiger partial charge in [-0.25, -0.2) is 4.98 Å². The van der Waals surface area contributed by atoms with Gasteiger partial charge in [-0.05, 0) is 18.4 Å². The Morgan fingerprint density at radius 2 is 1.80 bits per heavy atom. The molecule has 1 amide bonds. The zero-order chi connectivity index (χ0) is 24.9. The highest BCUT2D eigenvalue weighted by Gasteiger charge is 2.30. The highest BCUT2D eigenvalue weighted by molar-refractivity contribution is 6.45. The van der Waals surface area contributed by atoms with Gasteiger partial charge < -0.3 is 29.9 Å². The number of benzene rings is 1. The molecule has 35 heavy (non-hydrogen) atoms. The van der Waals surface area contributed by atoms with E-state index in [2.05, 4.69) is 15.1 Å². The number of aromatic nitrogens is 2. The first-order valence-corrected chi connectivity index (χ1v) is 11.0. The Kier molecular flexibility index (Phi) is 7.00. The van der Waals surface area contributed by atoms with Gasteiger partial charge in [0.15, 0.2) is 0 Å². The van der Waals surface area contributed by atoms with Crippen molar-refractivity contribution in [3.05, 3.63) is 59.4 Å². The molecule has 0 saturated carbocycles. The minimum absolute atomic E-state index is 0.214. The Morgan fingerprint density at radius 3 is 2.40 bits per heavy atom. The van der Waals surface area contributed by atoms with Crippen molar-refractivity contribution in [2.75, 3.05) is 34.4 Å². The Morgan fingerprint density at radius 1 is 1.09 bits per heavy atom. The number of hydrogen-bond acceptors (Lipinski definition) is 8. The largest absolute Gasteiger partial charge is 0.494 e.